The first-order chi connectivity index (χ1) is 14.2. The number of carbonyl (C=O) groups excluding carboxylic acids is 1. The summed E-state index contributed by atoms with van der Waals surface area (Å²) >= 11 is 0. The van der Waals surface area contributed by atoms with Crippen molar-refractivity contribution >= 4 is 5.78 Å². The van der Waals surface area contributed by atoms with Gasteiger partial charge in [-0.1, -0.05) is 108 Å². The second kappa shape index (κ2) is 23.1. The quantitative estimate of drug-likeness (QED) is 0.0736. The summed E-state index contributed by atoms with van der Waals surface area (Å²) in [5, 5.41) is 14.6. The van der Waals surface area contributed by atoms with E-state index in [0.717, 1.165) is 51.4 Å². The van der Waals surface area contributed by atoms with E-state index in [-0.39, 0.29) is 0 Å². The van der Waals surface area contributed by atoms with E-state index in [2.05, 4.69) is 18.6 Å². The van der Waals surface area contributed by atoms with Crippen molar-refractivity contribution in [2.75, 3.05) is 6.54 Å². The predicted octanol–water partition coefficient (Wildman–Crippen LogP) is 8.48. The lowest BCUT2D eigenvalue weighted by atomic mass is 10.0. The van der Waals surface area contributed by atoms with Crippen molar-refractivity contribution < 1.29 is 9.66 Å². The zero-order valence-corrected chi connectivity index (χ0v) is 19.3. The zero-order valence-electron chi connectivity index (χ0n) is 19.3. The summed E-state index contributed by atoms with van der Waals surface area (Å²) in [7, 11) is 0. The highest BCUT2D eigenvalue weighted by molar-refractivity contribution is 5.78. The Kier molecular flexibility index (Phi) is 22.1. The molecular weight excluding hydrogens is 360 g/mol. The Hall–Kier alpha value is -1.19. The number of hydrogen-bond donors (Lipinski definition) is 0. The lowest BCUT2D eigenvalue weighted by Crippen LogP contribution is -1.97. The normalized spacial score (nSPS) is 11.7. The molecule has 0 heterocycles. The lowest BCUT2D eigenvalue weighted by molar-refractivity contribution is -0.458. The van der Waals surface area contributed by atoms with Crippen LogP contribution in [-0.2, 0) is 4.79 Å². The Morgan fingerprint density at radius 1 is 0.724 bits per heavy atom. The van der Waals surface area contributed by atoms with Crippen molar-refractivity contribution in [1.82, 2.24) is 0 Å². The maximum atomic E-state index is 11.9. The summed E-state index contributed by atoms with van der Waals surface area (Å²) in [6, 6.07) is 0. The van der Waals surface area contributed by atoms with E-state index in [4.69, 9.17) is 0 Å². The molecule has 0 radical (unpaired) electrons. The zero-order chi connectivity index (χ0) is 21.4. The van der Waals surface area contributed by atoms with Crippen molar-refractivity contribution in [3.63, 3.8) is 0 Å². The number of Topliss-reactive ketones (excluding diaryl/α,β-unsaturated/α-hetero) is 1. The smallest absolute Gasteiger partial charge is 0.202 e. The van der Waals surface area contributed by atoms with E-state index in [9.17, 15) is 10.0 Å². The van der Waals surface area contributed by atoms with Gasteiger partial charge in [-0.3, -0.25) is 4.79 Å². The molecule has 0 bridgehead atoms. The average Bonchev–Trinajstić information content (AvgIpc) is 2.73. The number of azo groups is 1. The molecular formula is C25H48N2O2. The van der Waals surface area contributed by atoms with Crippen LogP contribution in [0.2, 0.25) is 0 Å². The molecule has 0 unspecified atom stereocenters. The molecule has 0 atom stereocenters. The Labute approximate surface area is 180 Å². The monoisotopic (exact) mass is 408 g/mol. The van der Waals surface area contributed by atoms with Gasteiger partial charge in [0.2, 0.25) is 6.20 Å². The van der Waals surface area contributed by atoms with E-state index < -0.39 is 0 Å². The SMILES string of the molecule is C=C[N+]([O-])=NCCCCCCCC(=O)CCCCCCCCCCCCCCC. The molecule has 0 aromatic carbocycles. The van der Waals surface area contributed by atoms with Crippen LogP contribution in [0.1, 0.15) is 135 Å². The van der Waals surface area contributed by atoms with Gasteiger partial charge in [-0.2, -0.15) is 0 Å². The van der Waals surface area contributed by atoms with Crippen molar-refractivity contribution in [3.8, 4) is 0 Å². The summed E-state index contributed by atoms with van der Waals surface area (Å²) in [6.07, 6.45) is 25.4. The molecule has 4 heteroatoms. The highest BCUT2D eigenvalue weighted by Gasteiger charge is 2.02. The van der Waals surface area contributed by atoms with Crippen LogP contribution >= 0.6 is 0 Å². The van der Waals surface area contributed by atoms with Gasteiger partial charge in [-0.25, -0.2) is 0 Å². The summed E-state index contributed by atoms with van der Waals surface area (Å²) in [6.45, 7) is 6.20. The predicted molar refractivity (Wildman–Crippen MR) is 124 cm³/mol. The van der Waals surface area contributed by atoms with Crippen LogP contribution in [0.25, 0.3) is 0 Å². The van der Waals surface area contributed by atoms with E-state index in [1.54, 1.807) is 0 Å². The number of hydrogen-bond acceptors (Lipinski definition) is 3. The summed E-state index contributed by atoms with van der Waals surface area (Å²) in [5.41, 5.74) is 0. The topological polar surface area (TPSA) is 55.5 Å². The molecule has 0 fully saturated rings. The average molecular weight is 409 g/mol. The molecule has 4 nitrogen and oxygen atoms in total. The van der Waals surface area contributed by atoms with Crippen LogP contribution in [0.3, 0.4) is 0 Å². The van der Waals surface area contributed by atoms with Gasteiger partial charge in [0.15, 0.2) is 0 Å². The molecule has 0 spiro atoms. The van der Waals surface area contributed by atoms with Crippen LogP contribution in [0, 0.1) is 5.21 Å². The van der Waals surface area contributed by atoms with Crippen molar-refractivity contribution in [3.05, 3.63) is 18.0 Å². The molecule has 0 N–H and O–H groups in total. The first-order valence-electron chi connectivity index (χ1n) is 12.5. The molecule has 0 aromatic heterocycles. The Morgan fingerprint density at radius 2 is 1.10 bits per heavy atom. The van der Waals surface area contributed by atoms with Crippen molar-refractivity contribution in [2.45, 2.75) is 135 Å². The maximum Gasteiger partial charge on any atom is 0.202 e. The second-order valence-electron chi connectivity index (χ2n) is 8.40. The number of ketones is 1. The van der Waals surface area contributed by atoms with Crippen molar-refractivity contribution in [1.29, 1.82) is 0 Å². The van der Waals surface area contributed by atoms with Gasteiger partial charge in [0, 0.05) is 12.8 Å². The van der Waals surface area contributed by atoms with Crippen molar-refractivity contribution in [2.24, 2.45) is 5.11 Å². The second-order valence-corrected chi connectivity index (χ2v) is 8.40. The number of hydroxylamine groups is 1. The third-order valence-electron chi connectivity index (χ3n) is 5.57. The third-order valence-corrected chi connectivity index (χ3v) is 5.57. The van der Waals surface area contributed by atoms with Gasteiger partial charge in [0.05, 0.1) is 0 Å². The molecule has 0 aromatic rings. The van der Waals surface area contributed by atoms with Gasteiger partial charge < -0.3 is 5.21 Å². The standard InChI is InChI=1S/C25H48N2O2/c1-3-5-6-7-8-9-10-11-12-13-14-16-19-22-25(28)23-20-17-15-18-21-24-26-27(29)4-2/h4H,2-3,5-24H2,1H3. The summed E-state index contributed by atoms with van der Waals surface area (Å²) in [5.74, 6) is 0.441. The first-order valence-corrected chi connectivity index (χ1v) is 12.5. The fraction of sp³-hybridized carbons (Fsp3) is 0.880. The van der Waals surface area contributed by atoms with E-state index in [1.807, 2.05) is 0 Å². The van der Waals surface area contributed by atoms with Crippen LogP contribution in [0.4, 0.5) is 0 Å². The van der Waals surface area contributed by atoms with Crippen LogP contribution in [-0.4, -0.2) is 17.2 Å². The highest BCUT2D eigenvalue weighted by atomic mass is 16.5. The minimum atomic E-state index is 0.441. The van der Waals surface area contributed by atoms with Gasteiger partial charge in [-0.15, -0.1) is 0 Å². The Morgan fingerprint density at radius 3 is 1.52 bits per heavy atom. The van der Waals surface area contributed by atoms with E-state index in [1.165, 1.54) is 83.2 Å². The number of nitrogens with zero attached hydrogens (tertiary/aromatic N) is 2. The van der Waals surface area contributed by atoms with Crippen LogP contribution < -0.4 is 0 Å². The van der Waals surface area contributed by atoms with Crippen LogP contribution in [0.15, 0.2) is 17.9 Å². The first kappa shape index (κ1) is 27.8. The summed E-state index contributed by atoms with van der Waals surface area (Å²) < 4.78 is 0. The third kappa shape index (κ3) is 23.0. The maximum absolute atomic E-state index is 11.9. The van der Waals surface area contributed by atoms with Gasteiger partial charge in [0.25, 0.3) is 0 Å². The van der Waals surface area contributed by atoms with Gasteiger partial charge >= 0.3 is 0 Å². The fourth-order valence-corrected chi connectivity index (χ4v) is 3.66. The molecule has 0 rings (SSSR count). The molecule has 0 amide bonds. The fourth-order valence-electron chi connectivity index (χ4n) is 3.66. The Balaban J connectivity index is 3.21. The molecule has 29 heavy (non-hydrogen) atoms. The van der Waals surface area contributed by atoms with Gasteiger partial charge in [0.1, 0.15) is 12.3 Å². The Bertz CT molecular complexity index is 408. The largest absolute Gasteiger partial charge is 0.595 e. The van der Waals surface area contributed by atoms with E-state index in [0.29, 0.717) is 17.2 Å². The summed E-state index contributed by atoms with van der Waals surface area (Å²) in [4.78, 5) is 12.4. The molecule has 0 aliphatic heterocycles. The lowest BCUT2D eigenvalue weighted by Gasteiger charge is -2.04. The number of carbonyl (C=O) groups is 1. The highest BCUT2D eigenvalue weighted by Crippen LogP contribution is 2.14. The minimum absolute atomic E-state index is 0.441. The number of unbranched alkanes of at least 4 members (excludes halogenated alkanes) is 16. The van der Waals surface area contributed by atoms with Crippen LogP contribution in [0.5, 0.6) is 0 Å². The molecule has 0 aliphatic carbocycles. The minimum Gasteiger partial charge on any atom is -0.595 e. The molecule has 0 saturated heterocycles. The molecule has 170 valence electrons. The molecule has 0 aliphatic rings. The number of rotatable bonds is 23. The molecule has 0 saturated carbocycles. The van der Waals surface area contributed by atoms with E-state index >= 15 is 0 Å². The van der Waals surface area contributed by atoms with Gasteiger partial charge in [-0.05, 0) is 31.0 Å².